The molecule has 1 aromatic heterocycles. The highest BCUT2D eigenvalue weighted by Crippen LogP contribution is 2.47. The van der Waals surface area contributed by atoms with Gasteiger partial charge in [0.15, 0.2) is 5.96 Å². The monoisotopic (exact) mass is 392 g/mol. The summed E-state index contributed by atoms with van der Waals surface area (Å²) in [6.45, 7) is 2.09. The molecular weight excluding hydrogens is 367 g/mol. The molecule has 29 heavy (non-hydrogen) atoms. The Bertz CT molecular complexity index is 978. The topological polar surface area (TPSA) is 67.1 Å². The highest BCUT2D eigenvalue weighted by molar-refractivity contribution is 5.79. The maximum Gasteiger partial charge on any atom is 0.191 e. The fourth-order valence-corrected chi connectivity index (χ4v) is 3.54. The number of hydrogen-bond donors (Lipinski definition) is 2. The molecule has 2 N–H and O–H groups in total. The van der Waals surface area contributed by atoms with Crippen LogP contribution in [0.3, 0.4) is 0 Å². The normalized spacial score (nSPS) is 15.2. The van der Waals surface area contributed by atoms with Gasteiger partial charge in [0.1, 0.15) is 18.5 Å². The van der Waals surface area contributed by atoms with Crippen LogP contribution in [0.15, 0.2) is 66.2 Å². The Hall–Kier alpha value is -3.22. The van der Waals surface area contributed by atoms with E-state index in [4.69, 9.17) is 0 Å². The number of rotatable bonds is 7. The van der Waals surface area contributed by atoms with E-state index in [1.165, 1.54) is 18.0 Å². The fraction of sp³-hybridized carbons (Fsp3) is 0.318. The van der Waals surface area contributed by atoms with E-state index in [1.807, 2.05) is 12.1 Å². The summed E-state index contributed by atoms with van der Waals surface area (Å²) in [4.78, 5) is 8.30. The summed E-state index contributed by atoms with van der Waals surface area (Å²) >= 11 is 0. The van der Waals surface area contributed by atoms with Gasteiger partial charge in [-0.25, -0.2) is 14.1 Å². The molecule has 0 saturated heterocycles. The molecule has 3 aromatic rings. The Labute approximate surface area is 169 Å². The first-order valence-corrected chi connectivity index (χ1v) is 9.78. The van der Waals surface area contributed by atoms with E-state index in [1.54, 1.807) is 30.2 Å². The maximum absolute atomic E-state index is 13.6. The van der Waals surface area contributed by atoms with Gasteiger partial charge in [-0.3, -0.25) is 4.99 Å². The summed E-state index contributed by atoms with van der Waals surface area (Å²) in [6.07, 6.45) is 5.37. The third-order valence-electron chi connectivity index (χ3n) is 5.37. The smallest absolute Gasteiger partial charge is 0.191 e. The van der Waals surface area contributed by atoms with E-state index < -0.39 is 0 Å². The quantitative estimate of drug-likeness (QED) is 0.479. The Balaban J connectivity index is 1.32. The average Bonchev–Trinajstić information content (AvgIpc) is 3.36. The highest BCUT2D eigenvalue weighted by atomic mass is 19.1. The lowest BCUT2D eigenvalue weighted by atomic mass is 9.96. The van der Waals surface area contributed by atoms with Crippen LogP contribution in [-0.4, -0.2) is 34.3 Å². The van der Waals surface area contributed by atoms with E-state index in [0.717, 1.165) is 36.5 Å². The molecule has 1 fully saturated rings. The summed E-state index contributed by atoms with van der Waals surface area (Å²) in [6, 6.07) is 15.3. The molecule has 1 heterocycles. The third-order valence-corrected chi connectivity index (χ3v) is 5.37. The van der Waals surface area contributed by atoms with Crippen LogP contribution < -0.4 is 10.6 Å². The van der Waals surface area contributed by atoms with Gasteiger partial charge in [-0.05, 0) is 41.7 Å². The van der Waals surface area contributed by atoms with Gasteiger partial charge >= 0.3 is 0 Å². The zero-order valence-electron chi connectivity index (χ0n) is 16.5. The number of hydrogen-bond acceptors (Lipinski definition) is 3. The van der Waals surface area contributed by atoms with Crippen molar-refractivity contribution < 1.29 is 4.39 Å². The summed E-state index contributed by atoms with van der Waals surface area (Å²) < 4.78 is 15.4. The van der Waals surface area contributed by atoms with Gasteiger partial charge in [-0.15, -0.1) is 0 Å². The molecule has 7 heteroatoms. The van der Waals surface area contributed by atoms with Gasteiger partial charge in [0.05, 0.1) is 6.54 Å². The molecule has 0 radical (unpaired) electrons. The van der Waals surface area contributed by atoms with Gasteiger partial charge in [0.2, 0.25) is 0 Å². The van der Waals surface area contributed by atoms with Crippen molar-refractivity contribution in [1.82, 2.24) is 25.4 Å². The summed E-state index contributed by atoms with van der Waals surface area (Å²) in [5.74, 6) is 0.566. The van der Waals surface area contributed by atoms with Gasteiger partial charge in [0, 0.05) is 25.6 Å². The van der Waals surface area contributed by atoms with Crippen molar-refractivity contribution >= 4 is 5.96 Å². The van der Waals surface area contributed by atoms with E-state index in [0.29, 0.717) is 13.1 Å². The predicted octanol–water partition coefficient (Wildman–Crippen LogP) is 2.86. The van der Waals surface area contributed by atoms with Crippen LogP contribution in [0.25, 0.3) is 0 Å². The SMILES string of the molecule is CN=C(NCc1cccc(Cn2cncn2)c1)NCC1(c2cccc(F)c2)CC1. The number of nitrogens with one attached hydrogen (secondary N) is 2. The summed E-state index contributed by atoms with van der Waals surface area (Å²) in [5, 5.41) is 10.9. The van der Waals surface area contributed by atoms with Gasteiger partial charge in [-0.1, -0.05) is 36.4 Å². The number of aromatic nitrogens is 3. The minimum Gasteiger partial charge on any atom is -0.356 e. The van der Waals surface area contributed by atoms with Gasteiger partial charge < -0.3 is 10.6 Å². The van der Waals surface area contributed by atoms with Crippen molar-refractivity contribution in [3.05, 3.63) is 83.7 Å². The molecule has 0 bridgehead atoms. The molecule has 1 aliphatic carbocycles. The second kappa shape index (κ2) is 8.43. The Morgan fingerprint density at radius 2 is 1.97 bits per heavy atom. The molecule has 1 aliphatic rings. The van der Waals surface area contributed by atoms with Crippen molar-refractivity contribution in [2.75, 3.05) is 13.6 Å². The zero-order valence-corrected chi connectivity index (χ0v) is 16.5. The summed E-state index contributed by atoms with van der Waals surface area (Å²) in [5.41, 5.74) is 3.40. The lowest BCUT2D eigenvalue weighted by Crippen LogP contribution is -2.40. The van der Waals surface area contributed by atoms with Crippen molar-refractivity contribution in [3.63, 3.8) is 0 Å². The van der Waals surface area contributed by atoms with Crippen LogP contribution >= 0.6 is 0 Å². The first kappa shape index (κ1) is 19.1. The van der Waals surface area contributed by atoms with E-state index in [-0.39, 0.29) is 11.2 Å². The number of benzene rings is 2. The fourth-order valence-electron chi connectivity index (χ4n) is 3.54. The molecule has 6 nitrogen and oxygen atoms in total. The first-order valence-electron chi connectivity index (χ1n) is 9.78. The Kier molecular flexibility index (Phi) is 5.55. The van der Waals surface area contributed by atoms with Crippen LogP contribution in [0, 0.1) is 5.82 Å². The van der Waals surface area contributed by atoms with Crippen LogP contribution in [-0.2, 0) is 18.5 Å². The molecular formula is C22H25FN6. The first-order chi connectivity index (χ1) is 14.2. The van der Waals surface area contributed by atoms with E-state index >= 15 is 0 Å². The second-order valence-electron chi connectivity index (χ2n) is 7.48. The third kappa shape index (κ3) is 4.80. The Morgan fingerprint density at radius 1 is 1.14 bits per heavy atom. The molecule has 2 aromatic carbocycles. The zero-order chi connectivity index (χ0) is 20.1. The Morgan fingerprint density at radius 3 is 2.69 bits per heavy atom. The van der Waals surface area contributed by atoms with Crippen LogP contribution in [0.1, 0.15) is 29.5 Å². The number of guanidine groups is 1. The van der Waals surface area contributed by atoms with E-state index in [9.17, 15) is 4.39 Å². The molecule has 0 amide bonds. The van der Waals surface area contributed by atoms with Gasteiger partial charge in [-0.2, -0.15) is 5.10 Å². The number of nitrogens with zero attached hydrogens (tertiary/aromatic N) is 4. The van der Waals surface area contributed by atoms with Crippen LogP contribution in [0.4, 0.5) is 4.39 Å². The number of halogens is 1. The lowest BCUT2D eigenvalue weighted by Gasteiger charge is -2.19. The molecule has 1 saturated carbocycles. The number of aliphatic imine (C=N–C) groups is 1. The molecule has 150 valence electrons. The second-order valence-corrected chi connectivity index (χ2v) is 7.48. The molecule has 0 aliphatic heterocycles. The van der Waals surface area contributed by atoms with Crippen molar-refractivity contribution in [1.29, 1.82) is 0 Å². The molecule has 4 rings (SSSR count). The van der Waals surface area contributed by atoms with Crippen molar-refractivity contribution in [2.45, 2.75) is 31.3 Å². The standard InChI is InChI=1S/C22H25FN6/c1-24-21(27-14-22(8-9-22)19-6-3-7-20(23)11-19)26-12-17-4-2-5-18(10-17)13-29-16-25-15-28-29/h2-7,10-11,15-16H,8-9,12-14H2,1H3,(H2,24,26,27). The van der Waals surface area contributed by atoms with Gasteiger partial charge in [0.25, 0.3) is 0 Å². The van der Waals surface area contributed by atoms with Crippen molar-refractivity contribution in [3.8, 4) is 0 Å². The molecule has 0 unspecified atom stereocenters. The largest absolute Gasteiger partial charge is 0.356 e. The van der Waals surface area contributed by atoms with Crippen molar-refractivity contribution in [2.24, 2.45) is 4.99 Å². The minimum absolute atomic E-state index is 0.0113. The predicted molar refractivity (Wildman–Crippen MR) is 111 cm³/mol. The van der Waals surface area contributed by atoms with Crippen LogP contribution in [0.2, 0.25) is 0 Å². The average molecular weight is 392 g/mol. The summed E-state index contributed by atoms with van der Waals surface area (Å²) in [7, 11) is 1.76. The lowest BCUT2D eigenvalue weighted by molar-refractivity contribution is 0.607. The van der Waals surface area contributed by atoms with E-state index in [2.05, 4.69) is 43.9 Å². The maximum atomic E-state index is 13.6. The van der Waals surface area contributed by atoms with Crippen LogP contribution in [0.5, 0.6) is 0 Å². The highest BCUT2D eigenvalue weighted by Gasteiger charge is 2.44. The molecule has 0 atom stereocenters. The minimum atomic E-state index is -0.179. The molecule has 0 spiro atoms.